The Hall–Kier alpha value is -1.95. The molecular weight excluding hydrogens is 401 g/mol. The van der Waals surface area contributed by atoms with Gasteiger partial charge in [-0.2, -0.15) is 0 Å². The number of halogens is 2. The minimum absolute atomic E-state index is 0.0161. The van der Waals surface area contributed by atoms with Gasteiger partial charge in [-0.3, -0.25) is 10.1 Å². The van der Waals surface area contributed by atoms with E-state index in [0.29, 0.717) is 35.2 Å². The molecule has 2 aliphatic rings. The van der Waals surface area contributed by atoms with Gasteiger partial charge in [-0.1, -0.05) is 35.3 Å². The summed E-state index contributed by atoms with van der Waals surface area (Å²) in [6.07, 6.45) is 3.01. The van der Waals surface area contributed by atoms with Crippen LogP contribution < -0.4 is 14.8 Å². The lowest BCUT2D eigenvalue weighted by atomic mass is 9.76. The fourth-order valence-corrected chi connectivity index (χ4v) is 4.21. The molecule has 1 saturated carbocycles. The fraction of sp³-hybridized carbons (Fsp3) is 0.381. The average Bonchev–Trinajstić information content (AvgIpc) is 2.64. The molecule has 0 amide bonds. The van der Waals surface area contributed by atoms with Gasteiger partial charge in [0.1, 0.15) is 30.3 Å². The molecule has 0 saturated heterocycles. The second-order valence-corrected chi connectivity index (χ2v) is 8.17. The van der Waals surface area contributed by atoms with Crippen LogP contribution in [0.15, 0.2) is 36.4 Å². The highest BCUT2D eigenvalue weighted by molar-refractivity contribution is 6.35. The van der Waals surface area contributed by atoms with Crippen molar-refractivity contribution in [2.75, 3.05) is 6.61 Å². The first-order valence-corrected chi connectivity index (χ1v) is 10.0. The van der Waals surface area contributed by atoms with E-state index < -0.39 is 11.5 Å². The lowest BCUT2D eigenvalue weighted by Crippen LogP contribution is -2.62. The SMILES string of the molecule is O=C(O)C1(N[C@@H]2COc3cc(OCc4c(Cl)cccc4Cl)ccc3C2)CCC1. The molecule has 0 radical (unpaired) electrons. The van der Waals surface area contributed by atoms with E-state index in [4.69, 9.17) is 32.7 Å². The van der Waals surface area contributed by atoms with E-state index >= 15 is 0 Å². The molecule has 0 spiro atoms. The van der Waals surface area contributed by atoms with Crippen molar-refractivity contribution in [3.8, 4) is 11.5 Å². The predicted molar refractivity (Wildman–Crippen MR) is 108 cm³/mol. The molecular formula is C21H21Cl2NO4. The first-order valence-electron chi connectivity index (χ1n) is 9.29. The molecule has 2 aromatic rings. The number of ether oxygens (including phenoxy) is 2. The zero-order chi connectivity index (χ0) is 19.7. The first kappa shape index (κ1) is 19.4. The van der Waals surface area contributed by atoms with Gasteiger partial charge in [0.25, 0.3) is 0 Å². The highest BCUT2D eigenvalue weighted by Crippen LogP contribution is 2.35. The highest BCUT2D eigenvalue weighted by atomic mass is 35.5. The van der Waals surface area contributed by atoms with Crippen LogP contribution in [0.1, 0.15) is 30.4 Å². The largest absolute Gasteiger partial charge is 0.492 e. The Morgan fingerprint density at radius 1 is 1.25 bits per heavy atom. The van der Waals surface area contributed by atoms with E-state index in [1.54, 1.807) is 18.2 Å². The van der Waals surface area contributed by atoms with E-state index in [1.807, 2.05) is 18.2 Å². The van der Waals surface area contributed by atoms with E-state index in [9.17, 15) is 9.90 Å². The topological polar surface area (TPSA) is 67.8 Å². The summed E-state index contributed by atoms with van der Waals surface area (Å²) in [6.45, 7) is 0.699. The van der Waals surface area contributed by atoms with Crippen LogP contribution in [0, 0.1) is 0 Å². The quantitative estimate of drug-likeness (QED) is 0.719. The van der Waals surface area contributed by atoms with E-state index in [1.165, 1.54) is 0 Å². The third-order valence-corrected chi connectivity index (χ3v) is 6.19. The van der Waals surface area contributed by atoms with Crippen LogP contribution in [-0.4, -0.2) is 29.3 Å². The maximum Gasteiger partial charge on any atom is 0.323 e. The molecule has 2 aromatic carbocycles. The van der Waals surface area contributed by atoms with Crippen LogP contribution in [-0.2, 0) is 17.8 Å². The van der Waals surface area contributed by atoms with Gasteiger partial charge in [-0.15, -0.1) is 0 Å². The standard InChI is InChI=1S/C21H21Cl2NO4/c22-17-3-1-4-18(23)16(17)12-27-15-6-5-13-9-14(11-28-19(13)10-15)24-21(20(25)26)7-2-8-21/h1,3-6,10,14,24H,2,7-9,11-12H2,(H,25,26)/t14-/m0/s1. The maximum absolute atomic E-state index is 11.6. The van der Waals surface area contributed by atoms with Crippen LogP contribution in [0.4, 0.5) is 0 Å². The normalized spacial score (nSPS) is 19.9. The van der Waals surface area contributed by atoms with E-state index in [-0.39, 0.29) is 12.6 Å². The Bertz CT molecular complexity index is 878. The lowest BCUT2D eigenvalue weighted by Gasteiger charge is -2.42. The molecule has 2 N–H and O–H groups in total. The fourth-order valence-electron chi connectivity index (χ4n) is 3.70. The number of hydrogen-bond acceptors (Lipinski definition) is 4. The summed E-state index contributed by atoms with van der Waals surface area (Å²) < 4.78 is 11.7. The summed E-state index contributed by atoms with van der Waals surface area (Å²) in [7, 11) is 0. The second kappa shape index (κ2) is 7.82. The van der Waals surface area contributed by atoms with Gasteiger partial charge in [0, 0.05) is 27.7 Å². The molecule has 148 valence electrons. The zero-order valence-corrected chi connectivity index (χ0v) is 16.7. The molecule has 1 aliphatic carbocycles. The maximum atomic E-state index is 11.6. The zero-order valence-electron chi connectivity index (χ0n) is 15.2. The summed E-state index contributed by atoms with van der Waals surface area (Å²) >= 11 is 12.4. The van der Waals surface area contributed by atoms with E-state index in [2.05, 4.69) is 5.32 Å². The monoisotopic (exact) mass is 421 g/mol. The highest BCUT2D eigenvalue weighted by Gasteiger charge is 2.46. The molecule has 5 nitrogen and oxygen atoms in total. The van der Waals surface area contributed by atoms with Crippen molar-refractivity contribution >= 4 is 29.2 Å². The van der Waals surface area contributed by atoms with Crippen LogP contribution >= 0.6 is 23.2 Å². The molecule has 0 unspecified atom stereocenters. The van der Waals surface area contributed by atoms with Crippen molar-refractivity contribution < 1.29 is 19.4 Å². The van der Waals surface area contributed by atoms with Crippen molar-refractivity contribution in [1.82, 2.24) is 5.32 Å². The molecule has 1 atom stereocenters. The number of nitrogens with one attached hydrogen (secondary N) is 1. The Kier molecular flexibility index (Phi) is 5.41. The van der Waals surface area contributed by atoms with Gasteiger partial charge in [-0.25, -0.2) is 0 Å². The minimum Gasteiger partial charge on any atom is -0.492 e. The van der Waals surface area contributed by atoms with Gasteiger partial charge in [0.15, 0.2) is 0 Å². The molecule has 1 aliphatic heterocycles. The summed E-state index contributed by atoms with van der Waals surface area (Å²) in [6, 6.07) is 11.0. The Balaban J connectivity index is 1.41. The summed E-state index contributed by atoms with van der Waals surface area (Å²) in [5.74, 6) is 0.660. The lowest BCUT2D eigenvalue weighted by molar-refractivity contribution is -0.149. The van der Waals surface area contributed by atoms with Crippen LogP contribution in [0.5, 0.6) is 11.5 Å². The Labute approximate surface area is 173 Å². The Morgan fingerprint density at radius 3 is 2.64 bits per heavy atom. The average molecular weight is 422 g/mol. The smallest absolute Gasteiger partial charge is 0.323 e. The van der Waals surface area contributed by atoms with Crippen molar-refractivity contribution in [1.29, 1.82) is 0 Å². The van der Waals surface area contributed by atoms with Crippen molar-refractivity contribution in [2.45, 2.75) is 43.9 Å². The number of carboxylic acid groups (broad SMARTS) is 1. The molecule has 0 aromatic heterocycles. The summed E-state index contributed by atoms with van der Waals surface area (Å²) in [5, 5.41) is 13.9. The third-order valence-electron chi connectivity index (χ3n) is 5.49. The Morgan fingerprint density at radius 2 is 2.00 bits per heavy atom. The van der Waals surface area contributed by atoms with Gasteiger partial charge >= 0.3 is 5.97 Å². The van der Waals surface area contributed by atoms with Crippen LogP contribution in [0.3, 0.4) is 0 Å². The summed E-state index contributed by atoms with van der Waals surface area (Å²) in [4.78, 5) is 11.6. The van der Waals surface area contributed by atoms with Gasteiger partial charge in [-0.05, 0) is 49.4 Å². The molecule has 1 heterocycles. The number of carboxylic acids is 1. The number of benzene rings is 2. The van der Waals surface area contributed by atoms with Gasteiger partial charge in [0.05, 0.1) is 0 Å². The molecule has 7 heteroatoms. The number of rotatable bonds is 6. The first-order chi connectivity index (χ1) is 13.5. The molecule has 4 rings (SSSR count). The number of carbonyl (C=O) groups is 1. The third kappa shape index (κ3) is 3.79. The van der Waals surface area contributed by atoms with Gasteiger partial charge < -0.3 is 14.6 Å². The van der Waals surface area contributed by atoms with Crippen molar-refractivity contribution in [2.24, 2.45) is 0 Å². The number of hydrogen-bond donors (Lipinski definition) is 2. The van der Waals surface area contributed by atoms with Crippen molar-refractivity contribution in [3.05, 3.63) is 57.6 Å². The number of fused-ring (bicyclic) bond motifs is 1. The van der Waals surface area contributed by atoms with Crippen LogP contribution in [0.2, 0.25) is 10.0 Å². The second-order valence-electron chi connectivity index (χ2n) is 7.36. The van der Waals surface area contributed by atoms with Crippen molar-refractivity contribution in [3.63, 3.8) is 0 Å². The molecule has 0 bridgehead atoms. The number of aliphatic carboxylic acids is 1. The summed E-state index contributed by atoms with van der Waals surface area (Å²) in [5.41, 5.74) is 0.989. The van der Waals surface area contributed by atoms with Gasteiger partial charge in [0.2, 0.25) is 0 Å². The van der Waals surface area contributed by atoms with Crippen LogP contribution in [0.25, 0.3) is 0 Å². The molecule has 28 heavy (non-hydrogen) atoms. The molecule has 1 fully saturated rings. The van der Waals surface area contributed by atoms with E-state index in [0.717, 1.165) is 29.7 Å². The minimum atomic E-state index is -0.789. The predicted octanol–water partition coefficient (Wildman–Crippen LogP) is 4.47.